The SMILES string of the molecule is CC(=O)N[C@@H](Cc1cccc(F)c1)C(=O)N[C@@H](Cc1ccccc1[N+](=O)[O-])C(=O)O. The number of para-hydroxylation sites is 1. The molecule has 2 aromatic carbocycles. The first-order chi connectivity index (χ1) is 14.2. The monoisotopic (exact) mass is 417 g/mol. The first-order valence-electron chi connectivity index (χ1n) is 8.94. The molecule has 3 N–H and O–H groups in total. The van der Waals surface area contributed by atoms with E-state index in [9.17, 15) is 34.0 Å². The lowest BCUT2D eigenvalue weighted by Crippen LogP contribution is -2.52. The van der Waals surface area contributed by atoms with Gasteiger partial charge in [-0.1, -0.05) is 30.3 Å². The average Bonchev–Trinajstić information content (AvgIpc) is 2.66. The summed E-state index contributed by atoms with van der Waals surface area (Å²) in [5, 5.41) is 25.3. The third-order valence-electron chi connectivity index (χ3n) is 4.25. The van der Waals surface area contributed by atoms with Crippen molar-refractivity contribution in [1.82, 2.24) is 10.6 Å². The van der Waals surface area contributed by atoms with Crippen LogP contribution in [0, 0.1) is 15.9 Å². The van der Waals surface area contributed by atoms with Gasteiger partial charge in [-0.05, 0) is 17.7 Å². The molecule has 2 aromatic rings. The predicted molar refractivity (Wildman–Crippen MR) is 104 cm³/mol. The Balaban J connectivity index is 2.20. The normalized spacial score (nSPS) is 12.5. The van der Waals surface area contributed by atoms with Crippen LogP contribution in [0.25, 0.3) is 0 Å². The lowest BCUT2D eigenvalue weighted by Gasteiger charge is -2.21. The molecule has 0 bridgehead atoms. The molecule has 0 aliphatic heterocycles. The minimum Gasteiger partial charge on any atom is -0.480 e. The third kappa shape index (κ3) is 6.36. The summed E-state index contributed by atoms with van der Waals surface area (Å²) < 4.78 is 13.4. The molecule has 2 rings (SSSR count). The molecule has 30 heavy (non-hydrogen) atoms. The highest BCUT2D eigenvalue weighted by Crippen LogP contribution is 2.19. The van der Waals surface area contributed by atoms with Crippen molar-refractivity contribution in [3.05, 3.63) is 75.6 Å². The van der Waals surface area contributed by atoms with E-state index in [1.165, 1.54) is 49.4 Å². The Hall–Kier alpha value is -3.82. The van der Waals surface area contributed by atoms with Gasteiger partial charge in [0.2, 0.25) is 11.8 Å². The van der Waals surface area contributed by atoms with Crippen molar-refractivity contribution in [2.24, 2.45) is 0 Å². The van der Waals surface area contributed by atoms with E-state index in [-0.39, 0.29) is 24.1 Å². The standard InChI is InChI=1S/C20H20FN3O6/c1-12(25)22-16(10-13-5-4-7-15(21)9-13)19(26)23-17(20(27)28)11-14-6-2-3-8-18(14)24(29)30/h2-9,16-17H,10-11H2,1H3,(H,22,25)(H,23,26)(H,27,28)/t16-,17-/m0/s1. The highest BCUT2D eigenvalue weighted by molar-refractivity contribution is 5.90. The van der Waals surface area contributed by atoms with Gasteiger partial charge in [-0.15, -0.1) is 0 Å². The summed E-state index contributed by atoms with van der Waals surface area (Å²) in [4.78, 5) is 46.3. The number of carboxylic acids is 1. The van der Waals surface area contributed by atoms with Gasteiger partial charge in [-0.25, -0.2) is 9.18 Å². The van der Waals surface area contributed by atoms with Gasteiger partial charge in [0.05, 0.1) is 4.92 Å². The summed E-state index contributed by atoms with van der Waals surface area (Å²) in [5.74, 6) is -3.25. The van der Waals surface area contributed by atoms with Crippen LogP contribution in [0.2, 0.25) is 0 Å². The van der Waals surface area contributed by atoms with Gasteiger partial charge in [0.15, 0.2) is 0 Å². The molecule has 2 amide bonds. The van der Waals surface area contributed by atoms with Crippen molar-refractivity contribution in [3.63, 3.8) is 0 Å². The maximum absolute atomic E-state index is 13.4. The van der Waals surface area contributed by atoms with E-state index < -0.39 is 40.6 Å². The Morgan fingerprint density at radius 2 is 1.77 bits per heavy atom. The smallest absolute Gasteiger partial charge is 0.326 e. The number of hydrogen-bond donors (Lipinski definition) is 3. The van der Waals surface area contributed by atoms with Crippen molar-refractivity contribution < 1.29 is 28.8 Å². The van der Waals surface area contributed by atoms with E-state index in [0.29, 0.717) is 5.56 Å². The van der Waals surface area contributed by atoms with Crippen molar-refractivity contribution in [1.29, 1.82) is 0 Å². The zero-order chi connectivity index (χ0) is 22.3. The third-order valence-corrected chi connectivity index (χ3v) is 4.25. The number of aliphatic carboxylic acids is 1. The molecular weight excluding hydrogens is 397 g/mol. The number of halogens is 1. The van der Waals surface area contributed by atoms with Crippen LogP contribution in [-0.4, -0.2) is 39.9 Å². The van der Waals surface area contributed by atoms with Crippen LogP contribution in [0.4, 0.5) is 10.1 Å². The number of nitro benzene ring substituents is 1. The Labute approximate surface area is 171 Å². The molecule has 0 saturated heterocycles. The molecule has 0 saturated carbocycles. The van der Waals surface area contributed by atoms with Gasteiger partial charge in [0.1, 0.15) is 17.9 Å². The highest BCUT2D eigenvalue weighted by Gasteiger charge is 2.28. The Morgan fingerprint density at radius 3 is 2.37 bits per heavy atom. The highest BCUT2D eigenvalue weighted by atomic mass is 19.1. The molecule has 2 atom stereocenters. The first kappa shape index (κ1) is 22.5. The fourth-order valence-corrected chi connectivity index (χ4v) is 2.91. The van der Waals surface area contributed by atoms with E-state index in [4.69, 9.17) is 0 Å². The maximum atomic E-state index is 13.4. The van der Waals surface area contributed by atoms with E-state index >= 15 is 0 Å². The number of rotatable bonds is 9. The van der Waals surface area contributed by atoms with Crippen molar-refractivity contribution in [3.8, 4) is 0 Å². The lowest BCUT2D eigenvalue weighted by atomic mass is 10.0. The Morgan fingerprint density at radius 1 is 1.07 bits per heavy atom. The van der Waals surface area contributed by atoms with Gasteiger partial charge < -0.3 is 15.7 Å². The first-order valence-corrected chi connectivity index (χ1v) is 8.94. The van der Waals surface area contributed by atoms with Crippen LogP contribution in [0.3, 0.4) is 0 Å². The van der Waals surface area contributed by atoms with Gasteiger partial charge >= 0.3 is 5.97 Å². The van der Waals surface area contributed by atoms with Gasteiger partial charge in [0.25, 0.3) is 5.69 Å². The molecular formula is C20H20FN3O6. The van der Waals surface area contributed by atoms with Crippen LogP contribution in [0.1, 0.15) is 18.1 Å². The van der Waals surface area contributed by atoms with Crippen LogP contribution in [0.15, 0.2) is 48.5 Å². The number of amides is 2. The van der Waals surface area contributed by atoms with E-state index in [0.717, 1.165) is 0 Å². The molecule has 0 unspecified atom stereocenters. The van der Waals surface area contributed by atoms with E-state index in [1.807, 2.05) is 0 Å². The van der Waals surface area contributed by atoms with E-state index in [2.05, 4.69) is 10.6 Å². The summed E-state index contributed by atoms with van der Waals surface area (Å²) in [5.41, 5.74) is 0.294. The van der Waals surface area contributed by atoms with Gasteiger partial charge in [-0.2, -0.15) is 0 Å². The second kappa shape index (κ2) is 10.1. The summed E-state index contributed by atoms with van der Waals surface area (Å²) in [6.07, 6.45) is -0.397. The molecule has 0 aromatic heterocycles. The number of hydrogen-bond acceptors (Lipinski definition) is 5. The van der Waals surface area contributed by atoms with Crippen LogP contribution in [0.5, 0.6) is 0 Å². The lowest BCUT2D eigenvalue weighted by molar-refractivity contribution is -0.385. The number of carbonyl (C=O) groups excluding carboxylic acids is 2. The summed E-state index contributed by atoms with van der Waals surface area (Å²) in [6.45, 7) is 1.19. The van der Waals surface area contributed by atoms with Crippen LogP contribution >= 0.6 is 0 Å². The number of carboxylic acid groups (broad SMARTS) is 1. The minimum atomic E-state index is -1.47. The maximum Gasteiger partial charge on any atom is 0.326 e. The molecule has 0 aliphatic carbocycles. The summed E-state index contributed by atoms with van der Waals surface area (Å²) >= 11 is 0. The van der Waals surface area contributed by atoms with Crippen LogP contribution < -0.4 is 10.6 Å². The quantitative estimate of drug-likeness (QED) is 0.418. The summed E-state index contributed by atoms with van der Waals surface area (Å²) in [6, 6.07) is 8.41. The average molecular weight is 417 g/mol. The topological polar surface area (TPSA) is 139 Å². The molecule has 0 radical (unpaired) electrons. The Bertz CT molecular complexity index is 965. The molecule has 0 aliphatic rings. The second-order valence-corrected chi connectivity index (χ2v) is 6.58. The van der Waals surface area contributed by atoms with Crippen LogP contribution in [-0.2, 0) is 27.2 Å². The largest absolute Gasteiger partial charge is 0.480 e. The number of benzene rings is 2. The van der Waals surface area contributed by atoms with E-state index in [1.54, 1.807) is 6.07 Å². The van der Waals surface area contributed by atoms with Gasteiger partial charge in [0, 0.05) is 31.4 Å². The molecule has 10 heteroatoms. The number of nitrogens with one attached hydrogen (secondary N) is 2. The zero-order valence-electron chi connectivity index (χ0n) is 16.0. The molecule has 0 spiro atoms. The number of carbonyl (C=O) groups is 3. The predicted octanol–water partition coefficient (Wildman–Crippen LogP) is 1.59. The molecule has 158 valence electrons. The molecule has 9 nitrogen and oxygen atoms in total. The van der Waals surface area contributed by atoms with Crippen molar-refractivity contribution >= 4 is 23.5 Å². The fraction of sp³-hybridized carbons (Fsp3) is 0.250. The minimum absolute atomic E-state index is 0.0685. The number of nitro groups is 1. The number of nitrogens with zero attached hydrogens (tertiary/aromatic N) is 1. The Kier molecular flexibility index (Phi) is 7.56. The summed E-state index contributed by atoms with van der Waals surface area (Å²) in [7, 11) is 0. The second-order valence-electron chi connectivity index (χ2n) is 6.58. The van der Waals surface area contributed by atoms with Crippen molar-refractivity contribution in [2.75, 3.05) is 0 Å². The van der Waals surface area contributed by atoms with Crippen molar-refractivity contribution in [2.45, 2.75) is 31.8 Å². The molecule has 0 heterocycles. The van der Waals surface area contributed by atoms with Gasteiger partial charge in [-0.3, -0.25) is 19.7 Å². The molecule has 0 fully saturated rings. The fourth-order valence-electron chi connectivity index (χ4n) is 2.91. The zero-order valence-corrected chi connectivity index (χ0v) is 16.0.